The van der Waals surface area contributed by atoms with Gasteiger partial charge in [-0.15, -0.1) is 12.3 Å². The van der Waals surface area contributed by atoms with Gasteiger partial charge in [0.1, 0.15) is 6.33 Å². The Morgan fingerprint density at radius 1 is 1.75 bits per heavy atom. The van der Waals surface area contributed by atoms with Crippen molar-refractivity contribution in [2.24, 2.45) is 7.05 Å². The Labute approximate surface area is 72.0 Å². The molecule has 0 atom stereocenters. The highest BCUT2D eigenvalue weighted by molar-refractivity contribution is 4.85. The first-order chi connectivity index (χ1) is 5.83. The predicted octanol–water partition coefficient (Wildman–Crippen LogP) is -0.0720. The van der Waals surface area contributed by atoms with Crippen LogP contribution in [0.1, 0.15) is 12.2 Å². The molecule has 0 fully saturated rings. The molecular weight excluding hydrogens is 152 g/mol. The molecule has 0 amide bonds. The monoisotopic (exact) mass is 164 g/mol. The summed E-state index contributed by atoms with van der Waals surface area (Å²) in [6.07, 6.45) is 7.51. The van der Waals surface area contributed by atoms with E-state index in [9.17, 15) is 0 Å². The summed E-state index contributed by atoms with van der Waals surface area (Å²) in [4.78, 5) is 4.05. The van der Waals surface area contributed by atoms with Gasteiger partial charge in [0.15, 0.2) is 5.82 Å². The molecule has 0 aliphatic heterocycles. The Bertz CT molecular complexity index is 271. The molecule has 0 spiro atoms. The third-order valence-electron chi connectivity index (χ3n) is 1.38. The maximum absolute atomic E-state index is 5.09. The van der Waals surface area contributed by atoms with Crippen LogP contribution in [0.25, 0.3) is 0 Å². The molecule has 0 saturated heterocycles. The number of rotatable bonds is 4. The molecule has 0 bridgehead atoms. The molecule has 1 aromatic heterocycles. The zero-order valence-corrected chi connectivity index (χ0v) is 7.12. The van der Waals surface area contributed by atoms with Gasteiger partial charge in [-0.25, -0.2) is 4.98 Å². The van der Waals surface area contributed by atoms with Crippen LogP contribution in [0.3, 0.4) is 0 Å². The number of aryl methyl sites for hydroxylation is 1. The fraction of sp³-hybridized carbons (Fsp3) is 0.500. The third-order valence-corrected chi connectivity index (χ3v) is 1.38. The van der Waals surface area contributed by atoms with E-state index < -0.39 is 0 Å². The van der Waals surface area contributed by atoms with Crippen molar-refractivity contribution in [1.29, 1.82) is 0 Å². The molecule has 0 aliphatic carbocycles. The summed E-state index contributed by atoms with van der Waals surface area (Å²) in [6.45, 7) is 1.50. The largest absolute Gasteiger partial charge is 0.309 e. The van der Waals surface area contributed by atoms with E-state index in [0.717, 1.165) is 18.8 Å². The van der Waals surface area contributed by atoms with Crippen LogP contribution in [-0.4, -0.2) is 21.3 Å². The van der Waals surface area contributed by atoms with Gasteiger partial charge in [0.25, 0.3) is 0 Å². The van der Waals surface area contributed by atoms with E-state index in [-0.39, 0.29) is 0 Å². The molecule has 0 saturated carbocycles. The van der Waals surface area contributed by atoms with Gasteiger partial charge in [-0.05, 0) is 0 Å². The van der Waals surface area contributed by atoms with E-state index in [1.807, 2.05) is 7.05 Å². The van der Waals surface area contributed by atoms with Crippen LogP contribution >= 0.6 is 0 Å². The van der Waals surface area contributed by atoms with Crippen molar-refractivity contribution in [3.63, 3.8) is 0 Å². The summed E-state index contributed by atoms with van der Waals surface area (Å²) in [5.74, 6) is 3.35. The molecule has 0 aliphatic rings. The molecule has 0 unspecified atom stereocenters. The van der Waals surface area contributed by atoms with Crippen LogP contribution < -0.4 is 5.32 Å². The van der Waals surface area contributed by atoms with E-state index in [1.54, 1.807) is 11.0 Å². The van der Waals surface area contributed by atoms with E-state index in [2.05, 4.69) is 21.3 Å². The SMILES string of the molecule is C#CCCNCc1ncn(C)n1. The van der Waals surface area contributed by atoms with E-state index >= 15 is 0 Å². The second-order valence-electron chi connectivity index (χ2n) is 2.47. The number of terminal acetylenes is 1. The summed E-state index contributed by atoms with van der Waals surface area (Å²) in [5.41, 5.74) is 0. The van der Waals surface area contributed by atoms with Crippen LogP contribution in [0.15, 0.2) is 6.33 Å². The first-order valence-corrected chi connectivity index (χ1v) is 3.81. The van der Waals surface area contributed by atoms with Gasteiger partial charge in [0, 0.05) is 20.0 Å². The highest BCUT2D eigenvalue weighted by atomic mass is 15.3. The molecule has 4 nitrogen and oxygen atoms in total. The Kier molecular flexibility index (Phi) is 3.30. The lowest BCUT2D eigenvalue weighted by Gasteiger charge is -1.96. The van der Waals surface area contributed by atoms with Crippen molar-refractivity contribution in [2.45, 2.75) is 13.0 Å². The number of nitrogens with one attached hydrogen (secondary N) is 1. The topological polar surface area (TPSA) is 42.7 Å². The maximum Gasteiger partial charge on any atom is 0.164 e. The normalized spacial score (nSPS) is 9.67. The molecule has 0 radical (unpaired) electrons. The average Bonchev–Trinajstić information content (AvgIpc) is 2.45. The van der Waals surface area contributed by atoms with E-state index in [0.29, 0.717) is 6.54 Å². The zero-order chi connectivity index (χ0) is 8.81. The van der Waals surface area contributed by atoms with Gasteiger partial charge >= 0.3 is 0 Å². The van der Waals surface area contributed by atoms with Crippen LogP contribution in [0, 0.1) is 12.3 Å². The molecule has 4 heteroatoms. The van der Waals surface area contributed by atoms with Crippen molar-refractivity contribution < 1.29 is 0 Å². The minimum Gasteiger partial charge on any atom is -0.309 e. The lowest BCUT2D eigenvalue weighted by Crippen LogP contribution is -2.15. The molecule has 1 heterocycles. The Balaban J connectivity index is 2.21. The van der Waals surface area contributed by atoms with Crippen LogP contribution in [-0.2, 0) is 13.6 Å². The minimum absolute atomic E-state index is 0.683. The highest BCUT2D eigenvalue weighted by Crippen LogP contribution is 1.86. The zero-order valence-electron chi connectivity index (χ0n) is 7.12. The molecular formula is C8H12N4. The summed E-state index contributed by atoms with van der Waals surface area (Å²) >= 11 is 0. The lowest BCUT2D eigenvalue weighted by molar-refractivity contribution is 0.656. The first kappa shape index (κ1) is 8.75. The predicted molar refractivity (Wildman–Crippen MR) is 46.2 cm³/mol. The molecule has 64 valence electrons. The summed E-state index contributed by atoms with van der Waals surface area (Å²) < 4.78 is 1.68. The number of nitrogens with zero attached hydrogens (tertiary/aromatic N) is 3. The molecule has 12 heavy (non-hydrogen) atoms. The van der Waals surface area contributed by atoms with Gasteiger partial charge in [-0.2, -0.15) is 5.10 Å². The molecule has 0 aromatic carbocycles. The smallest absolute Gasteiger partial charge is 0.164 e. The molecule has 1 N–H and O–H groups in total. The van der Waals surface area contributed by atoms with Gasteiger partial charge in [-0.1, -0.05) is 0 Å². The van der Waals surface area contributed by atoms with Gasteiger partial charge < -0.3 is 5.32 Å². The van der Waals surface area contributed by atoms with E-state index in [1.165, 1.54) is 0 Å². The van der Waals surface area contributed by atoms with Crippen LogP contribution in [0.4, 0.5) is 0 Å². The van der Waals surface area contributed by atoms with Crippen molar-refractivity contribution in [3.05, 3.63) is 12.2 Å². The lowest BCUT2D eigenvalue weighted by atomic mass is 10.4. The van der Waals surface area contributed by atoms with E-state index in [4.69, 9.17) is 6.42 Å². The van der Waals surface area contributed by atoms with Crippen molar-refractivity contribution in [1.82, 2.24) is 20.1 Å². The second kappa shape index (κ2) is 4.52. The summed E-state index contributed by atoms with van der Waals surface area (Å²) in [6, 6.07) is 0. The van der Waals surface area contributed by atoms with Crippen molar-refractivity contribution in [3.8, 4) is 12.3 Å². The number of hydrogen-bond donors (Lipinski definition) is 1. The molecule has 1 rings (SSSR count). The Morgan fingerprint density at radius 2 is 2.58 bits per heavy atom. The minimum atomic E-state index is 0.683. The number of aromatic nitrogens is 3. The average molecular weight is 164 g/mol. The molecule has 1 aromatic rings. The summed E-state index contributed by atoms with van der Waals surface area (Å²) in [5, 5.41) is 7.23. The van der Waals surface area contributed by atoms with Crippen LogP contribution in [0.2, 0.25) is 0 Å². The van der Waals surface area contributed by atoms with Crippen LogP contribution in [0.5, 0.6) is 0 Å². The van der Waals surface area contributed by atoms with Gasteiger partial charge in [-0.3, -0.25) is 4.68 Å². The first-order valence-electron chi connectivity index (χ1n) is 3.81. The third kappa shape index (κ3) is 2.72. The number of hydrogen-bond acceptors (Lipinski definition) is 3. The summed E-state index contributed by atoms with van der Waals surface area (Å²) in [7, 11) is 1.85. The Morgan fingerprint density at radius 3 is 3.17 bits per heavy atom. The fourth-order valence-corrected chi connectivity index (χ4v) is 0.826. The quantitative estimate of drug-likeness (QED) is 0.500. The second-order valence-corrected chi connectivity index (χ2v) is 2.47. The maximum atomic E-state index is 5.09. The Hall–Kier alpha value is -1.34. The van der Waals surface area contributed by atoms with Gasteiger partial charge in [0.2, 0.25) is 0 Å². The van der Waals surface area contributed by atoms with Crippen molar-refractivity contribution >= 4 is 0 Å². The highest BCUT2D eigenvalue weighted by Gasteiger charge is 1.95. The van der Waals surface area contributed by atoms with Crippen molar-refractivity contribution in [2.75, 3.05) is 6.54 Å². The fourth-order valence-electron chi connectivity index (χ4n) is 0.826. The standard InChI is InChI=1S/C8H12N4/c1-3-4-5-9-6-8-10-7-12(2)11-8/h1,7,9H,4-6H2,2H3. The van der Waals surface area contributed by atoms with Gasteiger partial charge in [0.05, 0.1) is 6.54 Å².